The van der Waals surface area contributed by atoms with E-state index < -0.39 is 0 Å². The predicted octanol–water partition coefficient (Wildman–Crippen LogP) is 2.93. The number of hydrogen-bond acceptors (Lipinski definition) is 3. The lowest BCUT2D eigenvalue weighted by Crippen LogP contribution is -2.17. The first kappa shape index (κ1) is 14.2. The summed E-state index contributed by atoms with van der Waals surface area (Å²) in [7, 11) is 2.11. The second kappa shape index (κ2) is 6.80. The second-order valence-corrected chi connectivity index (χ2v) is 5.52. The van der Waals surface area contributed by atoms with Gasteiger partial charge in [-0.2, -0.15) is 0 Å². The van der Waals surface area contributed by atoms with E-state index in [-0.39, 0.29) is 0 Å². The molecule has 0 aliphatic carbocycles. The first-order valence-corrected chi connectivity index (χ1v) is 7.03. The van der Waals surface area contributed by atoms with E-state index in [0.717, 1.165) is 23.1 Å². The summed E-state index contributed by atoms with van der Waals surface area (Å²) < 4.78 is 1.12. The van der Waals surface area contributed by atoms with Crippen molar-refractivity contribution in [2.45, 2.75) is 19.6 Å². The van der Waals surface area contributed by atoms with Crippen LogP contribution in [0, 0.1) is 0 Å². The number of halogens is 1. The van der Waals surface area contributed by atoms with E-state index in [1.165, 1.54) is 11.1 Å². The molecule has 2 rings (SSSR count). The molecule has 0 radical (unpaired) electrons. The Bertz CT molecular complexity index is 528. The van der Waals surface area contributed by atoms with E-state index >= 15 is 0 Å². The average molecular weight is 320 g/mol. The summed E-state index contributed by atoms with van der Waals surface area (Å²) in [6, 6.07) is 10.4. The van der Waals surface area contributed by atoms with Gasteiger partial charge in [0.25, 0.3) is 0 Å². The molecular weight excluding hydrogens is 302 g/mol. The van der Waals surface area contributed by atoms with Gasteiger partial charge in [-0.3, -0.25) is 9.88 Å². The highest BCUT2D eigenvalue weighted by Gasteiger charge is 2.06. The fourth-order valence-corrected chi connectivity index (χ4v) is 2.55. The Kier molecular flexibility index (Phi) is 5.07. The van der Waals surface area contributed by atoms with Crippen molar-refractivity contribution in [3.8, 4) is 0 Å². The first-order chi connectivity index (χ1) is 9.19. The monoisotopic (exact) mass is 319 g/mol. The average Bonchev–Trinajstić information content (AvgIpc) is 2.42. The highest BCUT2D eigenvalue weighted by molar-refractivity contribution is 9.10. The minimum absolute atomic E-state index is 0.574. The zero-order chi connectivity index (χ0) is 13.7. The van der Waals surface area contributed by atoms with Crippen LogP contribution in [0.3, 0.4) is 0 Å². The Balaban J connectivity index is 2.01. The van der Waals surface area contributed by atoms with E-state index in [1.54, 1.807) is 6.20 Å². The largest absolute Gasteiger partial charge is 0.326 e. The maximum absolute atomic E-state index is 5.63. The van der Waals surface area contributed by atoms with Gasteiger partial charge in [0, 0.05) is 36.5 Å². The van der Waals surface area contributed by atoms with Crippen LogP contribution >= 0.6 is 15.9 Å². The van der Waals surface area contributed by atoms with Crippen molar-refractivity contribution >= 4 is 15.9 Å². The van der Waals surface area contributed by atoms with Crippen molar-refractivity contribution in [1.29, 1.82) is 0 Å². The highest BCUT2D eigenvalue weighted by atomic mass is 79.9. The molecule has 0 unspecified atom stereocenters. The maximum atomic E-state index is 5.63. The van der Waals surface area contributed by atoms with Gasteiger partial charge in [0.1, 0.15) is 0 Å². The second-order valence-electron chi connectivity index (χ2n) is 4.66. The predicted molar refractivity (Wildman–Crippen MR) is 81.4 cm³/mol. The number of hydrogen-bond donors (Lipinski definition) is 1. The van der Waals surface area contributed by atoms with E-state index in [1.807, 2.05) is 12.3 Å². The Morgan fingerprint density at radius 1 is 1.21 bits per heavy atom. The van der Waals surface area contributed by atoms with Crippen molar-refractivity contribution in [3.63, 3.8) is 0 Å². The van der Waals surface area contributed by atoms with Crippen LogP contribution in [0.25, 0.3) is 0 Å². The number of pyridine rings is 1. The molecule has 4 heteroatoms. The summed E-state index contributed by atoms with van der Waals surface area (Å²) in [4.78, 5) is 6.40. The molecule has 0 fully saturated rings. The molecule has 2 aromatic rings. The third-order valence-electron chi connectivity index (χ3n) is 2.97. The Hall–Kier alpha value is -1.23. The summed E-state index contributed by atoms with van der Waals surface area (Å²) >= 11 is 3.61. The normalized spacial score (nSPS) is 10.9. The van der Waals surface area contributed by atoms with Crippen LogP contribution in [0.4, 0.5) is 0 Å². The van der Waals surface area contributed by atoms with E-state index in [0.29, 0.717) is 6.54 Å². The summed E-state index contributed by atoms with van der Waals surface area (Å²) in [5, 5.41) is 0. The van der Waals surface area contributed by atoms with Crippen LogP contribution in [0.15, 0.2) is 47.2 Å². The number of nitrogens with zero attached hydrogens (tertiary/aromatic N) is 2. The van der Waals surface area contributed by atoms with Crippen LogP contribution in [-0.4, -0.2) is 16.9 Å². The Morgan fingerprint density at radius 3 is 2.68 bits per heavy atom. The fraction of sp³-hybridized carbons (Fsp3) is 0.267. The van der Waals surface area contributed by atoms with E-state index in [4.69, 9.17) is 5.73 Å². The molecule has 100 valence electrons. The van der Waals surface area contributed by atoms with Gasteiger partial charge in [-0.25, -0.2) is 0 Å². The van der Waals surface area contributed by atoms with Crippen LogP contribution in [0.2, 0.25) is 0 Å². The smallest absolute Gasteiger partial charge is 0.0312 e. The molecule has 0 spiro atoms. The van der Waals surface area contributed by atoms with Gasteiger partial charge in [-0.15, -0.1) is 0 Å². The van der Waals surface area contributed by atoms with Gasteiger partial charge >= 0.3 is 0 Å². The number of nitrogens with two attached hydrogens (primary N) is 1. The molecule has 1 aromatic carbocycles. The summed E-state index contributed by atoms with van der Waals surface area (Å²) in [6.45, 7) is 2.35. The quantitative estimate of drug-likeness (QED) is 0.921. The lowest BCUT2D eigenvalue weighted by Gasteiger charge is -2.18. The molecule has 0 aliphatic heterocycles. The molecule has 0 atom stereocenters. The molecule has 0 aliphatic rings. The van der Waals surface area contributed by atoms with Gasteiger partial charge in [0.05, 0.1) is 0 Å². The first-order valence-electron chi connectivity index (χ1n) is 6.24. The third kappa shape index (κ3) is 4.13. The molecule has 0 bridgehead atoms. The van der Waals surface area contributed by atoms with Crippen molar-refractivity contribution in [2.24, 2.45) is 5.73 Å². The SMILES string of the molecule is CN(Cc1cccnc1)Cc1ccc(CN)cc1Br. The zero-order valence-corrected chi connectivity index (χ0v) is 12.6. The zero-order valence-electron chi connectivity index (χ0n) is 11.0. The number of rotatable bonds is 5. The fourth-order valence-electron chi connectivity index (χ4n) is 2.00. The van der Waals surface area contributed by atoms with Gasteiger partial charge in [0.15, 0.2) is 0 Å². The molecule has 2 N–H and O–H groups in total. The third-order valence-corrected chi connectivity index (χ3v) is 3.71. The van der Waals surface area contributed by atoms with Crippen molar-refractivity contribution in [2.75, 3.05) is 7.05 Å². The highest BCUT2D eigenvalue weighted by Crippen LogP contribution is 2.20. The Labute approximate surface area is 122 Å². The minimum atomic E-state index is 0.574. The Morgan fingerprint density at radius 2 is 2.05 bits per heavy atom. The van der Waals surface area contributed by atoms with Crippen molar-refractivity contribution < 1.29 is 0 Å². The van der Waals surface area contributed by atoms with Crippen LogP contribution in [0.1, 0.15) is 16.7 Å². The molecule has 1 aromatic heterocycles. The molecule has 0 amide bonds. The topological polar surface area (TPSA) is 42.2 Å². The summed E-state index contributed by atoms with van der Waals surface area (Å²) in [5.74, 6) is 0. The standard InChI is InChI=1S/C15H18BrN3/c1-19(10-13-3-2-6-18-9-13)11-14-5-4-12(8-17)7-15(14)16/h2-7,9H,8,10-11,17H2,1H3. The molecule has 19 heavy (non-hydrogen) atoms. The number of benzene rings is 1. The molecule has 0 saturated heterocycles. The van der Waals surface area contributed by atoms with Gasteiger partial charge in [0.2, 0.25) is 0 Å². The van der Waals surface area contributed by atoms with Crippen molar-refractivity contribution in [3.05, 3.63) is 63.9 Å². The summed E-state index contributed by atoms with van der Waals surface area (Å²) in [6.07, 6.45) is 3.70. The maximum Gasteiger partial charge on any atom is 0.0312 e. The lowest BCUT2D eigenvalue weighted by molar-refractivity contribution is 0.318. The van der Waals surface area contributed by atoms with Gasteiger partial charge in [-0.1, -0.05) is 34.1 Å². The van der Waals surface area contributed by atoms with Crippen LogP contribution in [-0.2, 0) is 19.6 Å². The van der Waals surface area contributed by atoms with Gasteiger partial charge < -0.3 is 5.73 Å². The van der Waals surface area contributed by atoms with Crippen LogP contribution < -0.4 is 5.73 Å². The molecule has 3 nitrogen and oxygen atoms in total. The van der Waals surface area contributed by atoms with E-state index in [2.05, 4.69) is 57.1 Å². The lowest BCUT2D eigenvalue weighted by atomic mass is 10.1. The van der Waals surface area contributed by atoms with E-state index in [9.17, 15) is 0 Å². The van der Waals surface area contributed by atoms with Gasteiger partial charge in [-0.05, 0) is 35.9 Å². The van der Waals surface area contributed by atoms with Crippen LogP contribution in [0.5, 0.6) is 0 Å². The number of aromatic nitrogens is 1. The molecular formula is C15H18BrN3. The summed E-state index contributed by atoms with van der Waals surface area (Å²) in [5.41, 5.74) is 9.27. The molecule has 0 saturated carbocycles. The minimum Gasteiger partial charge on any atom is -0.326 e. The van der Waals surface area contributed by atoms with Crippen molar-refractivity contribution in [1.82, 2.24) is 9.88 Å². The molecule has 1 heterocycles.